The Morgan fingerprint density at radius 1 is 1.26 bits per heavy atom. The van der Waals surface area contributed by atoms with E-state index in [1.807, 2.05) is 30.1 Å². The molecule has 5 heteroatoms. The Balaban J connectivity index is 2.21. The molecule has 0 aliphatic carbocycles. The van der Waals surface area contributed by atoms with Crippen LogP contribution in [0.3, 0.4) is 0 Å². The summed E-state index contributed by atoms with van der Waals surface area (Å²) in [4.78, 5) is 13.4. The summed E-state index contributed by atoms with van der Waals surface area (Å²) in [5.74, 6) is 2.81. The number of aromatic nitrogens is 4. The second kappa shape index (κ2) is 6.31. The van der Waals surface area contributed by atoms with Gasteiger partial charge in [-0.3, -0.25) is 0 Å². The lowest BCUT2D eigenvalue weighted by Crippen LogP contribution is -2.08. The van der Waals surface area contributed by atoms with Crippen LogP contribution in [0.1, 0.15) is 37.6 Å². The molecule has 0 bridgehead atoms. The highest BCUT2D eigenvalue weighted by Crippen LogP contribution is 2.11. The smallest absolute Gasteiger partial charge is 0.130 e. The molecule has 0 amide bonds. The highest BCUT2D eigenvalue weighted by Gasteiger charge is 2.07. The van der Waals surface area contributed by atoms with Gasteiger partial charge < -0.3 is 9.88 Å². The summed E-state index contributed by atoms with van der Waals surface area (Å²) in [5.41, 5.74) is 1.01. The van der Waals surface area contributed by atoms with Crippen LogP contribution in [0, 0.1) is 0 Å². The summed E-state index contributed by atoms with van der Waals surface area (Å²) in [6, 6.07) is 2.02. The van der Waals surface area contributed by atoms with E-state index in [4.69, 9.17) is 0 Å². The fourth-order valence-corrected chi connectivity index (χ4v) is 1.87. The van der Waals surface area contributed by atoms with Crippen LogP contribution in [0.2, 0.25) is 0 Å². The molecule has 0 spiro atoms. The Morgan fingerprint density at radius 3 is 2.74 bits per heavy atom. The average Bonchev–Trinajstić information content (AvgIpc) is 2.81. The molecule has 0 aromatic carbocycles. The lowest BCUT2D eigenvalue weighted by atomic mass is 10.2. The molecule has 19 heavy (non-hydrogen) atoms. The Morgan fingerprint density at radius 2 is 2.11 bits per heavy atom. The maximum absolute atomic E-state index is 4.57. The number of nitrogens with one attached hydrogen (secondary N) is 1. The third-order valence-corrected chi connectivity index (χ3v) is 2.96. The van der Waals surface area contributed by atoms with Gasteiger partial charge in [-0.1, -0.05) is 13.8 Å². The zero-order chi connectivity index (χ0) is 13.7. The molecular formula is C14H21N5. The molecule has 0 saturated heterocycles. The molecule has 0 aliphatic heterocycles. The molecule has 1 N–H and O–H groups in total. The topological polar surface area (TPSA) is 55.6 Å². The number of rotatable bonds is 6. The van der Waals surface area contributed by atoms with Gasteiger partial charge in [0, 0.05) is 44.9 Å². The van der Waals surface area contributed by atoms with Crippen LogP contribution < -0.4 is 5.32 Å². The Bertz CT molecular complexity index is 532. The molecule has 0 radical (unpaired) electrons. The number of anilines is 1. The third-order valence-electron chi connectivity index (χ3n) is 2.96. The van der Waals surface area contributed by atoms with Gasteiger partial charge in [0.15, 0.2) is 0 Å². The Labute approximate surface area is 114 Å². The van der Waals surface area contributed by atoms with Crippen LogP contribution in [0.25, 0.3) is 0 Å². The summed E-state index contributed by atoms with van der Waals surface area (Å²) in [6.45, 7) is 5.15. The molecule has 0 aliphatic rings. The predicted octanol–water partition coefficient (Wildman–Crippen LogP) is 2.19. The van der Waals surface area contributed by atoms with E-state index in [2.05, 4.69) is 34.1 Å². The minimum absolute atomic E-state index is 0.736. The SMILES string of the molecule is CCCNc1cc(Cc2nccn2C)nc(CC)n1. The van der Waals surface area contributed by atoms with E-state index in [1.54, 1.807) is 0 Å². The Hall–Kier alpha value is -1.91. The van der Waals surface area contributed by atoms with Gasteiger partial charge in [0.25, 0.3) is 0 Å². The van der Waals surface area contributed by atoms with Gasteiger partial charge in [0.05, 0.1) is 5.69 Å². The van der Waals surface area contributed by atoms with Crippen LogP contribution in [0.15, 0.2) is 18.5 Å². The first-order chi connectivity index (χ1) is 9.22. The molecule has 0 unspecified atom stereocenters. The maximum Gasteiger partial charge on any atom is 0.130 e. The van der Waals surface area contributed by atoms with Gasteiger partial charge in [-0.15, -0.1) is 0 Å². The third kappa shape index (κ3) is 3.53. The summed E-state index contributed by atoms with van der Waals surface area (Å²) in [6.07, 6.45) is 6.43. The van der Waals surface area contributed by atoms with Crippen molar-refractivity contribution in [3.8, 4) is 0 Å². The zero-order valence-corrected chi connectivity index (χ0v) is 11.8. The average molecular weight is 259 g/mol. The first-order valence-electron chi connectivity index (χ1n) is 6.79. The minimum atomic E-state index is 0.736. The monoisotopic (exact) mass is 259 g/mol. The summed E-state index contributed by atoms with van der Waals surface area (Å²) in [7, 11) is 2.00. The van der Waals surface area contributed by atoms with Crippen molar-refractivity contribution < 1.29 is 0 Å². The Kier molecular flexibility index (Phi) is 4.49. The normalized spacial score (nSPS) is 10.7. The molecule has 2 heterocycles. The molecule has 5 nitrogen and oxygen atoms in total. The van der Waals surface area contributed by atoms with E-state index < -0.39 is 0 Å². The molecule has 102 valence electrons. The van der Waals surface area contributed by atoms with E-state index in [0.717, 1.165) is 49.0 Å². The molecule has 2 aromatic rings. The largest absolute Gasteiger partial charge is 0.370 e. The van der Waals surface area contributed by atoms with Crippen molar-refractivity contribution >= 4 is 5.82 Å². The van der Waals surface area contributed by atoms with Crippen molar-refractivity contribution in [2.24, 2.45) is 7.05 Å². The van der Waals surface area contributed by atoms with Crippen molar-refractivity contribution in [2.75, 3.05) is 11.9 Å². The van der Waals surface area contributed by atoms with Gasteiger partial charge in [-0.2, -0.15) is 0 Å². The quantitative estimate of drug-likeness (QED) is 0.864. The predicted molar refractivity (Wildman–Crippen MR) is 76.2 cm³/mol. The number of imidazole rings is 1. The standard InChI is InChI=1S/C14H21N5/c1-4-6-15-13-9-11(17-12(5-2)18-13)10-14-16-7-8-19(14)3/h7-9H,4-6,10H2,1-3H3,(H,15,17,18). The minimum Gasteiger partial charge on any atom is -0.370 e. The molecule has 0 saturated carbocycles. The van der Waals surface area contributed by atoms with Crippen molar-refractivity contribution in [3.05, 3.63) is 35.8 Å². The van der Waals surface area contributed by atoms with Crippen molar-refractivity contribution in [1.82, 2.24) is 19.5 Å². The first kappa shape index (κ1) is 13.5. The van der Waals surface area contributed by atoms with E-state index >= 15 is 0 Å². The number of nitrogens with zero attached hydrogens (tertiary/aromatic N) is 4. The van der Waals surface area contributed by atoms with Crippen LogP contribution >= 0.6 is 0 Å². The number of hydrogen-bond donors (Lipinski definition) is 1. The van der Waals surface area contributed by atoms with E-state index in [0.29, 0.717) is 0 Å². The van der Waals surface area contributed by atoms with Crippen LogP contribution in [-0.4, -0.2) is 26.1 Å². The van der Waals surface area contributed by atoms with Gasteiger partial charge in [-0.05, 0) is 6.42 Å². The lowest BCUT2D eigenvalue weighted by molar-refractivity contribution is 0.798. The summed E-state index contributed by atoms with van der Waals surface area (Å²) < 4.78 is 2.02. The molecule has 0 atom stereocenters. The molecule has 2 aromatic heterocycles. The van der Waals surface area contributed by atoms with Crippen LogP contribution in [0.5, 0.6) is 0 Å². The second-order valence-electron chi connectivity index (χ2n) is 4.57. The van der Waals surface area contributed by atoms with Crippen LogP contribution in [-0.2, 0) is 19.9 Å². The van der Waals surface area contributed by atoms with Crippen molar-refractivity contribution in [1.29, 1.82) is 0 Å². The zero-order valence-electron chi connectivity index (χ0n) is 11.8. The maximum atomic E-state index is 4.57. The highest BCUT2D eigenvalue weighted by atomic mass is 15.0. The fourth-order valence-electron chi connectivity index (χ4n) is 1.87. The van der Waals surface area contributed by atoms with Crippen molar-refractivity contribution in [3.63, 3.8) is 0 Å². The van der Waals surface area contributed by atoms with Gasteiger partial charge in [0.2, 0.25) is 0 Å². The highest BCUT2D eigenvalue weighted by molar-refractivity contribution is 5.36. The van der Waals surface area contributed by atoms with Gasteiger partial charge >= 0.3 is 0 Å². The summed E-state index contributed by atoms with van der Waals surface area (Å²) in [5, 5.41) is 3.33. The molecule has 2 rings (SSSR count). The first-order valence-corrected chi connectivity index (χ1v) is 6.79. The van der Waals surface area contributed by atoms with E-state index in [-0.39, 0.29) is 0 Å². The molecule has 0 fully saturated rings. The number of aryl methyl sites for hydroxylation is 2. The van der Waals surface area contributed by atoms with Gasteiger partial charge in [-0.25, -0.2) is 15.0 Å². The second-order valence-corrected chi connectivity index (χ2v) is 4.57. The summed E-state index contributed by atoms with van der Waals surface area (Å²) >= 11 is 0. The fraction of sp³-hybridized carbons (Fsp3) is 0.500. The van der Waals surface area contributed by atoms with Crippen molar-refractivity contribution in [2.45, 2.75) is 33.1 Å². The van der Waals surface area contributed by atoms with E-state index in [1.165, 1.54) is 0 Å². The number of hydrogen-bond acceptors (Lipinski definition) is 4. The van der Waals surface area contributed by atoms with Gasteiger partial charge in [0.1, 0.15) is 17.5 Å². The molecular weight excluding hydrogens is 238 g/mol. The lowest BCUT2D eigenvalue weighted by Gasteiger charge is -2.08. The van der Waals surface area contributed by atoms with Crippen LogP contribution in [0.4, 0.5) is 5.82 Å². The van der Waals surface area contributed by atoms with E-state index in [9.17, 15) is 0 Å².